The number of sulfonamides is 1. The van der Waals surface area contributed by atoms with Crippen molar-refractivity contribution < 1.29 is 22.4 Å². The van der Waals surface area contributed by atoms with Crippen LogP contribution in [0, 0.1) is 12.7 Å². The zero-order valence-corrected chi connectivity index (χ0v) is 26.6. The number of hydrogen-bond donors (Lipinski definition) is 1. The molecule has 3 aromatic carbocycles. The molecule has 230 valence electrons. The molecule has 0 radical (unpaired) electrons. The van der Waals surface area contributed by atoms with E-state index in [4.69, 9.17) is 23.2 Å². The van der Waals surface area contributed by atoms with Crippen LogP contribution in [0.5, 0.6) is 0 Å². The van der Waals surface area contributed by atoms with Crippen molar-refractivity contribution in [2.75, 3.05) is 10.8 Å². The monoisotopic (exact) mass is 647 g/mol. The number of benzene rings is 3. The summed E-state index contributed by atoms with van der Waals surface area (Å²) in [4.78, 5) is 29.1. The summed E-state index contributed by atoms with van der Waals surface area (Å²) in [7, 11) is -4.30. The Morgan fingerprint density at radius 3 is 2.23 bits per heavy atom. The van der Waals surface area contributed by atoms with Gasteiger partial charge in [-0.3, -0.25) is 13.9 Å². The molecule has 1 atom stereocenters. The average molecular weight is 649 g/mol. The van der Waals surface area contributed by atoms with Gasteiger partial charge in [-0.2, -0.15) is 0 Å². The molecule has 0 spiro atoms. The van der Waals surface area contributed by atoms with Gasteiger partial charge in [-0.05, 0) is 80.3 Å². The van der Waals surface area contributed by atoms with Crippen molar-refractivity contribution in [3.05, 3.63) is 93.7 Å². The van der Waals surface area contributed by atoms with Crippen molar-refractivity contribution in [1.29, 1.82) is 0 Å². The summed E-state index contributed by atoms with van der Waals surface area (Å²) in [6, 6.07) is 15.2. The first-order valence-corrected chi connectivity index (χ1v) is 16.6. The predicted molar refractivity (Wildman–Crippen MR) is 168 cm³/mol. The van der Waals surface area contributed by atoms with E-state index in [2.05, 4.69) is 5.32 Å². The molecule has 1 aliphatic carbocycles. The SMILES string of the molecule is CCC(C(=O)NC1CCCCC1)N(Cc1ccc(Cl)cc1Cl)C(=O)CN(c1ccc(C)cc1)S(=O)(=O)c1ccc(F)cc1. The number of nitrogens with zero attached hydrogens (tertiary/aromatic N) is 2. The first kappa shape index (κ1) is 32.8. The summed E-state index contributed by atoms with van der Waals surface area (Å²) in [6.45, 7) is 3.04. The van der Waals surface area contributed by atoms with Crippen molar-refractivity contribution in [3.8, 4) is 0 Å². The number of aryl methyl sites for hydroxylation is 1. The molecule has 0 saturated heterocycles. The predicted octanol–water partition coefficient (Wildman–Crippen LogP) is 6.89. The summed E-state index contributed by atoms with van der Waals surface area (Å²) in [5.41, 5.74) is 1.72. The van der Waals surface area contributed by atoms with Crippen LogP contribution in [0.4, 0.5) is 10.1 Å². The van der Waals surface area contributed by atoms with E-state index >= 15 is 0 Å². The molecule has 0 aromatic heterocycles. The van der Waals surface area contributed by atoms with Gasteiger partial charge in [-0.25, -0.2) is 12.8 Å². The lowest BCUT2D eigenvalue weighted by Gasteiger charge is -2.34. The Labute approximate surface area is 263 Å². The number of halogens is 3. The van der Waals surface area contributed by atoms with Crippen LogP contribution in [0.1, 0.15) is 56.6 Å². The van der Waals surface area contributed by atoms with Crippen LogP contribution in [0.25, 0.3) is 0 Å². The molecule has 0 heterocycles. The summed E-state index contributed by atoms with van der Waals surface area (Å²) in [6.07, 6.45) is 5.22. The minimum Gasteiger partial charge on any atom is -0.352 e. The molecule has 4 rings (SSSR count). The number of hydrogen-bond acceptors (Lipinski definition) is 4. The Hall–Kier alpha value is -3.14. The highest BCUT2D eigenvalue weighted by molar-refractivity contribution is 7.92. The zero-order chi connectivity index (χ0) is 31.1. The molecule has 11 heteroatoms. The van der Waals surface area contributed by atoms with Crippen LogP contribution < -0.4 is 9.62 Å². The van der Waals surface area contributed by atoms with E-state index in [1.165, 1.54) is 4.90 Å². The van der Waals surface area contributed by atoms with Crippen molar-refractivity contribution in [3.63, 3.8) is 0 Å². The molecule has 3 aromatic rings. The van der Waals surface area contributed by atoms with Crippen LogP contribution in [-0.4, -0.2) is 43.8 Å². The largest absolute Gasteiger partial charge is 0.352 e. The van der Waals surface area contributed by atoms with Crippen molar-refractivity contribution in [2.24, 2.45) is 0 Å². The van der Waals surface area contributed by atoms with Gasteiger partial charge in [0.05, 0.1) is 10.6 Å². The van der Waals surface area contributed by atoms with Gasteiger partial charge in [-0.1, -0.05) is 73.2 Å². The van der Waals surface area contributed by atoms with Crippen molar-refractivity contribution in [1.82, 2.24) is 10.2 Å². The number of nitrogens with one attached hydrogen (secondary N) is 1. The Morgan fingerprint density at radius 1 is 0.977 bits per heavy atom. The Bertz CT molecular complexity index is 1530. The standard InChI is InChI=1S/C32H36Cl2FN3O4S/c1-3-30(32(40)36-26-7-5-4-6-8-26)37(20-23-11-12-24(33)19-29(23)34)31(39)21-38(27-15-9-22(2)10-16-27)43(41,42)28-17-13-25(35)14-18-28/h9-19,26,30H,3-8,20-21H2,1-2H3,(H,36,40). The fourth-order valence-corrected chi connectivity index (χ4v) is 7.15. The van der Waals surface area contributed by atoms with Crippen LogP contribution >= 0.6 is 23.2 Å². The van der Waals surface area contributed by atoms with E-state index in [1.54, 1.807) is 42.5 Å². The number of amides is 2. The Balaban J connectivity index is 1.72. The van der Waals surface area contributed by atoms with E-state index in [1.807, 2.05) is 13.8 Å². The van der Waals surface area contributed by atoms with Gasteiger partial charge in [-0.15, -0.1) is 0 Å². The fourth-order valence-electron chi connectivity index (χ4n) is 5.27. The van der Waals surface area contributed by atoms with E-state index in [-0.39, 0.29) is 29.1 Å². The molecule has 1 saturated carbocycles. The third-order valence-corrected chi connectivity index (χ3v) is 10.1. The maximum absolute atomic E-state index is 14.2. The minimum absolute atomic E-state index is 0.0225. The zero-order valence-electron chi connectivity index (χ0n) is 24.2. The topological polar surface area (TPSA) is 86.8 Å². The first-order chi connectivity index (χ1) is 20.5. The number of carbonyl (C=O) groups excluding carboxylic acids is 2. The van der Waals surface area contributed by atoms with Gasteiger partial charge >= 0.3 is 0 Å². The van der Waals surface area contributed by atoms with Crippen molar-refractivity contribution in [2.45, 2.75) is 75.9 Å². The lowest BCUT2D eigenvalue weighted by molar-refractivity contribution is -0.140. The van der Waals surface area contributed by atoms with Gasteiger partial charge in [0.1, 0.15) is 18.4 Å². The Kier molecular flexibility index (Phi) is 11.1. The molecule has 0 aliphatic heterocycles. The quantitative estimate of drug-likeness (QED) is 0.245. The minimum atomic E-state index is -4.30. The van der Waals surface area contributed by atoms with Crippen LogP contribution in [-0.2, 0) is 26.2 Å². The normalized spacial score (nSPS) is 14.6. The van der Waals surface area contributed by atoms with Gasteiger partial charge in [0, 0.05) is 22.6 Å². The van der Waals surface area contributed by atoms with Crippen LogP contribution in [0.3, 0.4) is 0 Å². The first-order valence-electron chi connectivity index (χ1n) is 14.4. The summed E-state index contributed by atoms with van der Waals surface area (Å²) < 4.78 is 42.4. The molecule has 7 nitrogen and oxygen atoms in total. The summed E-state index contributed by atoms with van der Waals surface area (Å²) in [5.74, 6) is -1.48. The highest BCUT2D eigenvalue weighted by atomic mass is 35.5. The van der Waals surface area contributed by atoms with E-state index < -0.39 is 34.3 Å². The van der Waals surface area contributed by atoms with Crippen molar-refractivity contribution >= 4 is 50.7 Å². The van der Waals surface area contributed by atoms with Gasteiger partial charge in [0.2, 0.25) is 11.8 Å². The number of carbonyl (C=O) groups is 2. The second-order valence-electron chi connectivity index (χ2n) is 10.8. The fraction of sp³-hybridized carbons (Fsp3) is 0.375. The smallest absolute Gasteiger partial charge is 0.264 e. The lowest BCUT2D eigenvalue weighted by Crippen LogP contribution is -2.54. The maximum atomic E-state index is 14.2. The third-order valence-electron chi connectivity index (χ3n) is 7.70. The molecule has 0 bridgehead atoms. The third kappa shape index (κ3) is 8.28. The Morgan fingerprint density at radius 2 is 1.63 bits per heavy atom. The summed E-state index contributed by atoms with van der Waals surface area (Å²) in [5, 5.41) is 3.86. The molecule has 1 N–H and O–H groups in total. The van der Waals surface area contributed by atoms with E-state index in [0.29, 0.717) is 22.0 Å². The van der Waals surface area contributed by atoms with Crippen LogP contribution in [0.2, 0.25) is 10.0 Å². The average Bonchev–Trinajstić information content (AvgIpc) is 2.98. The molecule has 1 fully saturated rings. The lowest BCUT2D eigenvalue weighted by atomic mass is 9.95. The van der Waals surface area contributed by atoms with Gasteiger partial charge < -0.3 is 10.2 Å². The maximum Gasteiger partial charge on any atom is 0.264 e. The molecule has 2 amide bonds. The van der Waals surface area contributed by atoms with Crippen LogP contribution in [0.15, 0.2) is 71.6 Å². The molecule has 1 unspecified atom stereocenters. The number of rotatable bonds is 11. The van der Waals surface area contributed by atoms with Gasteiger partial charge in [0.25, 0.3) is 10.0 Å². The second-order valence-corrected chi connectivity index (χ2v) is 13.5. The molecule has 1 aliphatic rings. The van der Waals surface area contributed by atoms with E-state index in [9.17, 15) is 22.4 Å². The highest BCUT2D eigenvalue weighted by Crippen LogP contribution is 2.27. The second kappa shape index (κ2) is 14.6. The van der Waals surface area contributed by atoms with E-state index in [0.717, 1.165) is 66.2 Å². The molecular formula is C32H36Cl2FN3O4S. The van der Waals surface area contributed by atoms with Gasteiger partial charge in [0.15, 0.2) is 0 Å². The molecule has 43 heavy (non-hydrogen) atoms. The molecular weight excluding hydrogens is 612 g/mol. The number of anilines is 1. The highest BCUT2D eigenvalue weighted by Gasteiger charge is 2.34. The summed E-state index contributed by atoms with van der Waals surface area (Å²) >= 11 is 12.6.